The molecule has 12 heteroatoms. The van der Waals surface area contributed by atoms with Gasteiger partial charge < -0.3 is 0 Å². The third kappa shape index (κ3) is 6.51. The monoisotopic (exact) mass is 531 g/mol. The van der Waals surface area contributed by atoms with Gasteiger partial charge in [0, 0.05) is 0 Å². The molecule has 1 aliphatic heterocycles. The Morgan fingerprint density at radius 1 is 1.21 bits per heavy atom. The maximum absolute atomic E-state index is 13.7. The Bertz CT molecular complexity index is 1240. The summed E-state index contributed by atoms with van der Waals surface area (Å²) in [6.07, 6.45) is -2.34. The van der Waals surface area contributed by atoms with Gasteiger partial charge in [-0.25, -0.2) is 0 Å². The van der Waals surface area contributed by atoms with Gasteiger partial charge in [0.25, 0.3) is 0 Å². The van der Waals surface area contributed by atoms with Crippen molar-refractivity contribution in [2.45, 2.75) is 64.4 Å². The Hall–Kier alpha value is -3.88. The van der Waals surface area contributed by atoms with Gasteiger partial charge in [-0.3, -0.25) is 0 Å². The molecule has 200 valence electrons. The summed E-state index contributed by atoms with van der Waals surface area (Å²) in [5.41, 5.74) is -1.03. The van der Waals surface area contributed by atoms with E-state index in [9.17, 15) is 27.2 Å². The average molecular weight is 531 g/mol. The van der Waals surface area contributed by atoms with E-state index in [1.54, 1.807) is 0 Å². The van der Waals surface area contributed by atoms with Gasteiger partial charge in [-0.05, 0) is 0 Å². The molecule has 0 aromatic heterocycles. The van der Waals surface area contributed by atoms with Crippen LogP contribution in [0.4, 0.5) is 17.6 Å². The third-order valence-electron chi connectivity index (χ3n) is 5.90. The molecule has 2 unspecified atom stereocenters. The summed E-state index contributed by atoms with van der Waals surface area (Å²) in [7, 11) is 1.03. The zero-order valence-electron chi connectivity index (χ0n) is 21.0. The third-order valence-corrected chi connectivity index (χ3v) is 5.90. The van der Waals surface area contributed by atoms with Crippen LogP contribution in [0, 0.1) is 17.3 Å². The summed E-state index contributed by atoms with van der Waals surface area (Å²) < 4.78 is 64.5. The molecule has 38 heavy (non-hydrogen) atoms. The summed E-state index contributed by atoms with van der Waals surface area (Å²) in [5.74, 6) is -2.12. The number of rotatable bonds is 9. The van der Waals surface area contributed by atoms with Crippen LogP contribution in [0.2, 0.25) is 0 Å². The molecular weight excluding hydrogens is 505 g/mol. The molecule has 7 nitrogen and oxygen atoms in total. The second-order valence-electron chi connectivity index (χ2n) is 8.96. The van der Waals surface area contributed by atoms with Gasteiger partial charge in [-0.15, -0.1) is 0 Å². The minimum atomic E-state index is -4.81. The standard InChI is InChI=1S/C26H26BF4N3O4/c1-4-5-6-21(17-9-12-20(26(29,30)31)19(13-17)24(36)38-15(2)3)34-23(35)22(33-25(34)27-37-14-32)16-7-10-18(28)11-8-16/h7-13,15,21-22,33H,4-6H2,1-3H3. The number of unbranched alkanes of at least 4 members (excludes halogenated alkanes) is 1. The number of ether oxygens (including phenoxy) is 1. The van der Waals surface area contributed by atoms with Crippen molar-refractivity contribution < 1.29 is 36.5 Å². The SMILES string of the molecule is CCCCC(c1ccc(C(F)(F)F)c(C(=O)OC(C)C)c1)N1C(=O)C(c2ccc(F)cc2)NC1=BOC#N. The first-order chi connectivity index (χ1) is 18.0. The number of esters is 1. The van der Waals surface area contributed by atoms with E-state index >= 15 is 0 Å². The van der Waals surface area contributed by atoms with Crippen LogP contribution in [0.5, 0.6) is 0 Å². The van der Waals surface area contributed by atoms with Crippen LogP contribution in [-0.4, -0.2) is 35.7 Å². The van der Waals surface area contributed by atoms with E-state index in [0.717, 1.165) is 19.3 Å². The van der Waals surface area contributed by atoms with Crippen molar-refractivity contribution in [3.63, 3.8) is 0 Å². The summed E-state index contributed by atoms with van der Waals surface area (Å²) >= 11 is 0. The number of amides is 1. The molecule has 2 atom stereocenters. The van der Waals surface area contributed by atoms with Crippen LogP contribution in [-0.2, 0) is 20.4 Å². The molecule has 2 aromatic carbocycles. The first-order valence-corrected chi connectivity index (χ1v) is 12.0. The Labute approximate surface area is 218 Å². The van der Waals surface area contributed by atoms with Crippen molar-refractivity contribution in [2.24, 2.45) is 0 Å². The van der Waals surface area contributed by atoms with Gasteiger partial charge in [0.15, 0.2) is 0 Å². The van der Waals surface area contributed by atoms with Crippen LogP contribution in [0.3, 0.4) is 0 Å². The molecule has 0 spiro atoms. The van der Waals surface area contributed by atoms with Gasteiger partial charge in [0.1, 0.15) is 0 Å². The van der Waals surface area contributed by atoms with E-state index in [1.165, 1.54) is 55.3 Å². The summed E-state index contributed by atoms with van der Waals surface area (Å²) in [5, 5.41) is 11.9. The van der Waals surface area contributed by atoms with Crippen molar-refractivity contribution in [3.05, 3.63) is 70.5 Å². The number of nitrogens with zero attached hydrogens (tertiary/aromatic N) is 2. The number of carbonyl (C=O) groups is 2. The molecule has 1 N–H and O–H groups in total. The number of halogens is 4. The predicted octanol–water partition coefficient (Wildman–Crippen LogP) is 5.02. The van der Waals surface area contributed by atoms with E-state index in [1.807, 2.05) is 6.92 Å². The van der Waals surface area contributed by atoms with E-state index < -0.39 is 53.2 Å². The fourth-order valence-electron chi connectivity index (χ4n) is 4.22. The molecule has 1 heterocycles. The van der Waals surface area contributed by atoms with Crippen LogP contribution in [0.15, 0.2) is 42.5 Å². The summed E-state index contributed by atoms with van der Waals surface area (Å²) in [6, 6.07) is 6.57. The van der Waals surface area contributed by atoms with Crippen LogP contribution in [0.1, 0.15) is 79.2 Å². The van der Waals surface area contributed by atoms with Crippen molar-refractivity contribution >= 4 is 24.7 Å². The van der Waals surface area contributed by atoms with Gasteiger partial charge >= 0.3 is 218 Å². The van der Waals surface area contributed by atoms with E-state index in [4.69, 9.17) is 14.7 Å². The van der Waals surface area contributed by atoms with Crippen molar-refractivity contribution in [1.82, 2.24) is 10.2 Å². The zero-order valence-corrected chi connectivity index (χ0v) is 21.0. The van der Waals surface area contributed by atoms with E-state index in [-0.39, 0.29) is 11.3 Å². The minimum absolute atomic E-state index is 0.0955. The first-order valence-electron chi connectivity index (χ1n) is 12.0. The molecule has 1 amide bonds. The Balaban J connectivity index is 2.13. The molecule has 1 saturated heterocycles. The second kappa shape index (κ2) is 12.1. The number of carbonyl (C=O) groups excluding carboxylic acids is 2. The fourth-order valence-corrected chi connectivity index (χ4v) is 4.22. The number of hydrogen-bond acceptors (Lipinski definition) is 6. The quantitative estimate of drug-likeness (QED) is 0.212. The van der Waals surface area contributed by atoms with Gasteiger partial charge in [0.2, 0.25) is 0 Å². The topological polar surface area (TPSA) is 91.7 Å². The number of hydrogen-bond donors (Lipinski definition) is 1. The van der Waals surface area contributed by atoms with E-state index in [2.05, 4.69) is 5.32 Å². The normalized spacial score (nSPS) is 17.1. The average Bonchev–Trinajstić information content (AvgIpc) is 3.18. The molecule has 1 fully saturated rings. The van der Waals surface area contributed by atoms with Gasteiger partial charge in [-0.1, -0.05) is 0 Å². The second-order valence-corrected chi connectivity index (χ2v) is 8.96. The molecular formula is C26H26BF4N3O4. The molecule has 1 aliphatic rings. The number of alkyl halides is 3. The van der Waals surface area contributed by atoms with Crippen LogP contribution < -0.4 is 5.32 Å². The summed E-state index contributed by atoms with van der Waals surface area (Å²) in [6.45, 7) is 4.96. The van der Waals surface area contributed by atoms with Crippen LogP contribution in [0.25, 0.3) is 0 Å². The molecule has 2 aromatic rings. The fraction of sp³-hybridized carbons (Fsp3) is 0.385. The van der Waals surface area contributed by atoms with Crippen molar-refractivity contribution in [2.75, 3.05) is 0 Å². The van der Waals surface area contributed by atoms with Gasteiger partial charge in [0.05, 0.1) is 0 Å². The predicted molar refractivity (Wildman–Crippen MR) is 131 cm³/mol. The number of nitrogens with one attached hydrogen (secondary N) is 1. The van der Waals surface area contributed by atoms with E-state index in [0.29, 0.717) is 24.8 Å². The zero-order chi connectivity index (χ0) is 28.0. The molecule has 0 saturated carbocycles. The van der Waals surface area contributed by atoms with Crippen molar-refractivity contribution in [1.29, 1.82) is 5.26 Å². The number of benzene rings is 2. The number of nitriles is 1. The maximum atomic E-state index is 13.7. The summed E-state index contributed by atoms with van der Waals surface area (Å²) in [4.78, 5) is 27.6. The Kier molecular flexibility index (Phi) is 9.15. The molecule has 0 aliphatic carbocycles. The van der Waals surface area contributed by atoms with Crippen LogP contribution >= 0.6 is 0 Å². The molecule has 0 bridgehead atoms. The van der Waals surface area contributed by atoms with Gasteiger partial charge in [-0.2, -0.15) is 0 Å². The first kappa shape index (κ1) is 28.7. The Morgan fingerprint density at radius 2 is 1.89 bits per heavy atom. The van der Waals surface area contributed by atoms with Crippen molar-refractivity contribution in [3.8, 4) is 6.26 Å². The molecule has 0 radical (unpaired) electrons. The molecule has 3 rings (SSSR count). The Morgan fingerprint density at radius 3 is 2.47 bits per heavy atom.